The molecule has 0 aliphatic heterocycles. The molecule has 3 nitrogen and oxygen atoms in total. The normalized spacial score (nSPS) is 10.3. The summed E-state index contributed by atoms with van der Waals surface area (Å²) in [5, 5.41) is 0.423. The van der Waals surface area contributed by atoms with Crippen molar-refractivity contribution in [2.45, 2.75) is 13.3 Å². The van der Waals surface area contributed by atoms with Crippen molar-refractivity contribution >= 4 is 39.3 Å². The van der Waals surface area contributed by atoms with Crippen LogP contribution in [0.3, 0.4) is 0 Å². The summed E-state index contributed by atoms with van der Waals surface area (Å²) in [7, 11) is 0. The predicted octanol–water partition coefficient (Wildman–Crippen LogP) is 4.44. The molecule has 0 radical (unpaired) electrons. The first kappa shape index (κ1) is 16.7. The minimum Gasteiger partial charge on any atom is -0.466 e. The van der Waals surface area contributed by atoms with E-state index in [0.29, 0.717) is 29.2 Å². The monoisotopic (exact) mass is 380 g/mol. The number of benzene rings is 2. The Bertz CT molecular complexity index is 696. The molecular formula is C17H14BrClO3. The van der Waals surface area contributed by atoms with Gasteiger partial charge in [-0.2, -0.15) is 0 Å². The number of ether oxygens (including phenoxy) is 1. The zero-order chi connectivity index (χ0) is 16.1. The van der Waals surface area contributed by atoms with E-state index < -0.39 is 0 Å². The van der Waals surface area contributed by atoms with Crippen LogP contribution in [0.25, 0.3) is 0 Å². The number of carbonyl (C=O) groups excluding carboxylic acids is 2. The maximum absolute atomic E-state index is 12.5. The Hall–Kier alpha value is -1.65. The lowest BCUT2D eigenvalue weighted by atomic mass is 10.0. The van der Waals surface area contributed by atoms with Crippen LogP contribution in [-0.4, -0.2) is 18.4 Å². The second-order valence-electron chi connectivity index (χ2n) is 4.74. The summed E-state index contributed by atoms with van der Waals surface area (Å²) in [4.78, 5) is 23.2. The molecule has 5 heteroatoms. The van der Waals surface area contributed by atoms with Crippen LogP contribution in [0.2, 0.25) is 5.02 Å². The molecule has 2 rings (SSSR count). The lowest BCUT2D eigenvalue weighted by molar-refractivity contribution is -0.140. The van der Waals surface area contributed by atoms with Crippen LogP contribution in [0.15, 0.2) is 46.9 Å². The van der Waals surface area contributed by atoms with Crippen molar-refractivity contribution in [1.29, 1.82) is 0 Å². The van der Waals surface area contributed by atoms with Gasteiger partial charge in [-0.15, -0.1) is 0 Å². The number of carbonyl (C=O) groups is 2. The van der Waals surface area contributed by atoms with Gasteiger partial charge in [0.1, 0.15) is 0 Å². The highest BCUT2D eigenvalue weighted by Gasteiger charge is 2.13. The summed E-state index contributed by atoms with van der Waals surface area (Å²) in [6.07, 6.45) is 0.617. The second kappa shape index (κ2) is 7.56. The van der Waals surface area contributed by atoms with Crippen LogP contribution in [-0.2, 0) is 16.0 Å². The van der Waals surface area contributed by atoms with E-state index in [4.69, 9.17) is 16.3 Å². The minimum atomic E-state index is -0.295. The van der Waals surface area contributed by atoms with Gasteiger partial charge in [0.2, 0.25) is 0 Å². The Balaban J connectivity index is 2.11. The van der Waals surface area contributed by atoms with Gasteiger partial charge in [-0.25, -0.2) is 0 Å². The van der Waals surface area contributed by atoms with Crippen molar-refractivity contribution in [3.8, 4) is 0 Å². The van der Waals surface area contributed by atoms with Gasteiger partial charge in [-0.1, -0.05) is 51.8 Å². The molecular weight excluding hydrogens is 368 g/mol. The Morgan fingerprint density at radius 3 is 2.45 bits per heavy atom. The molecule has 0 N–H and O–H groups in total. The molecule has 0 aromatic heterocycles. The molecule has 0 spiro atoms. The van der Waals surface area contributed by atoms with E-state index in [2.05, 4.69) is 15.9 Å². The summed E-state index contributed by atoms with van der Waals surface area (Å²) in [6, 6.07) is 12.4. The van der Waals surface area contributed by atoms with Gasteiger partial charge < -0.3 is 4.74 Å². The number of rotatable bonds is 5. The molecule has 114 valence electrons. The molecule has 0 saturated heterocycles. The van der Waals surface area contributed by atoms with E-state index in [1.165, 1.54) is 6.92 Å². The van der Waals surface area contributed by atoms with Gasteiger partial charge in [0.05, 0.1) is 11.6 Å². The van der Waals surface area contributed by atoms with Crippen molar-refractivity contribution in [2.24, 2.45) is 0 Å². The molecule has 0 atom stereocenters. The number of hydrogen-bond acceptors (Lipinski definition) is 3. The average Bonchev–Trinajstić information content (AvgIpc) is 2.49. The molecule has 0 heterocycles. The third kappa shape index (κ3) is 4.42. The maximum Gasteiger partial charge on any atom is 0.302 e. The van der Waals surface area contributed by atoms with Crippen LogP contribution in [0.1, 0.15) is 28.4 Å². The first-order valence-electron chi connectivity index (χ1n) is 6.69. The van der Waals surface area contributed by atoms with Crippen LogP contribution in [0.5, 0.6) is 0 Å². The molecule has 0 aliphatic carbocycles. The summed E-state index contributed by atoms with van der Waals surface area (Å²) < 4.78 is 5.70. The summed E-state index contributed by atoms with van der Waals surface area (Å²) in [5.74, 6) is -0.422. The van der Waals surface area contributed by atoms with E-state index >= 15 is 0 Å². The van der Waals surface area contributed by atoms with Crippen molar-refractivity contribution in [3.05, 3.63) is 68.7 Å². The van der Waals surface area contributed by atoms with Crippen LogP contribution in [0.4, 0.5) is 0 Å². The summed E-state index contributed by atoms with van der Waals surface area (Å²) in [5.41, 5.74) is 2.03. The number of halogens is 2. The molecule has 0 amide bonds. The lowest BCUT2D eigenvalue weighted by Crippen LogP contribution is -2.05. The molecule has 0 aliphatic rings. The third-order valence-electron chi connectivity index (χ3n) is 3.09. The average molecular weight is 382 g/mol. The Morgan fingerprint density at radius 2 is 1.82 bits per heavy atom. The quantitative estimate of drug-likeness (QED) is 0.568. The number of ketones is 1. The zero-order valence-corrected chi connectivity index (χ0v) is 14.3. The van der Waals surface area contributed by atoms with Gasteiger partial charge >= 0.3 is 5.97 Å². The Labute approximate surface area is 142 Å². The van der Waals surface area contributed by atoms with E-state index in [9.17, 15) is 9.59 Å². The zero-order valence-electron chi connectivity index (χ0n) is 11.9. The van der Waals surface area contributed by atoms with Crippen LogP contribution in [0, 0.1) is 0 Å². The molecule has 0 saturated carbocycles. The van der Waals surface area contributed by atoms with E-state index in [1.54, 1.807) is 30.3 Å². The predicted molar refractivity (Wildman–Crippen MR) is 89.4 cm³/mol. The standard InChI is InChI=1S/C17H14BrClO3/c1-11(20)22-9-8-12-2-4-13(5-3-12)17(21)15-10-14(18)6-7-16(15)19/h2-7,10H,8-9H2,1H3. The molecule has 0 fully saturated rings. The minimum absolute atomic E-state index is 0.127. The molecule has 22 heavy (non-hydrogen) atoms. The number of hydrogen-bond donors (Lipinski definition) is 0. The fraction of sp³-hybridized carbons (Fsp3) is 0.176. The van der Waals surface area contributed by atoms with Gasteiger partial charge in [0, 0.05) is 28.9 Å². The lowest BCUT2D eigenvalue weighted by Gasteiger charge is -2.06. The molecule has 0 bridgehead atoms. The molecule has 2 aromatic carbocycles. The first-order valence-corrected chi connectivity index (χ1v) is 7.86. The van der Waals surface area contributed by atoms with Crippen LogP contribution < -0.4 is 0 Å². The van der Waals surface area contributed by atoms with Crippen molar-refractivity contribution in [1.82, 2.24) is 0 Å². The van der Waals surface area contributed by atoms with Crippen molar-refractivity contribution in [2.75, 3.05) is 6.61 Å². The Kier molecular flexibility index (Phi) is 5.75. The van der Waals surface area contributed by atoms with Crippen molar-refractivity contribution in [3.63, 3.8) is 0 Å². The van der Waals surface area contributed by atoms with Gasteiger partial charge in [0.15, 0.2) is 5.78 Å². The first-order chi connectivity index (χ1) is 10.5. The van der Waals surface area contributed by atoms with Gasteiger partial charge in [-0.3, -0.25) is 9.59 Å². The SMILES string of the molecule is CC(=O)OCCc1ccc(C(=O)c2cc(Br)ccc2Cl)cc1. The van der Waals surface area contributed by atoms with Crippen LogP contribution >= 0.6 is 27.5 Å². The number of esters is 1. The van der Waals surface area contributed by atoms with E-state index in [1.807, 2.05) is 12.1 Å². The highest BCUT2D eigenvalue weighted by molar-refractivity contribution is 9.10. The van der Waals surface area contributed by atoms with E-state index in [-0.39, 0.29) is 11.8 Å². The summed E-state index contributed by atoms with van der Waals surface area (Å²) >= 11 is 9.42. The molecule has 0 unspecified atom stereocenters. The molecule has 2 aromatic rings. The highest BCUT2D eigenvalue weighted by atomic mass is 79.9. The smallest absolute Gasteiger partial charge is 0.302 e. The van der Waals surface area contributed by atoms with E-state index in [0.717, 1.165) is 10.0 Å². The van der Waals surface area contributed by atoms with Crippen molar-refractivity contribution < 1.29 is 14.3 Å². The summed E-state index contributed by atoms with van der Waals surface area (Å²) in [6.45, 7) is 1.71. The highest BCUT2D eigenvalue weighted by Crippen LogP contribution is 2.23. The fourth-order valence-corrected chi connectivity index (χ4v) is 2.53. The Morgan fingerprint density at radius 1 is 1.14 bits per heavy atom. The largest absolute Gasteiger partial charge is 0.466 e. The fourth-order valence-electron chi connectivity index (χ4n) is 1.96. The topological polar surface area (TPSA) is 43.4 Å². The second-order valence-corrected chi connectivity index (χ2v) is 6.06. The van der Waals surface area contributed by atoms with Gasteiger partial charge in [-0.05, 0) is 23.8 Å². The van der Waals surface area contributed by atoms with Gasteiger partial charge in [0.25, 0.3) is 0 Å². The maximum atomic E-state index is 12.5. The third-order valence-corrected chi connectivity index (χ3v) is 3.91.